The van der Waals surface area contributed by atoms with Crippen LogP contribution in [0.4, 0.5) is 13.2 Å². The molecule has 0 aromatic heterocycles. The Balaban J connectivity index is 2.03. The van der Waals surface area contributed by atoms with Gasteiger partial charge in [0, 0.05) is 27.2 Å². The summed E-state index contributed by atoms with van der Waals surface area (Å²) in [5.41, 5.74) is -0.828. The van der Waals surface area contributed by atoms with Gasteiger partial charge in [-0.1, -0.05) is 12.1 Å². The molecule has 0 spiro atoms. The Labute approximate surface area is 138 Å². The van der Waals surface area contributed by atoms with Crippen LogP contribution in [0.1, 0.15) is 18.4 Å². The lowest BCUT2D eigenvalue weighted by Gasteiger charge is -2.38. The number of alkyl halides is 3. The lowest BCUT2D eigenvalue weighted by Crippen LogP contribution is -2.46. The highest BCUT2D eigenvalue weighted by atomic mass is 19.4. The van der Waals surface area contributed by atoms with Crippen molar-refractivity contribution < 1.29 is 27.8 Å². The molecule has 8 heteroatoms. The van der Waals surface area contributed by atoms with Crippen molar-refractivity contribution in [3.05, 3.63) is 29.8 Å². The normalized spacial score (nSPS) is 18.2. The summed E-state index contributed by atoms with van der Waals surface area (Å²) in [5, 5.41) is 10.8. The summed E-state index contributed by atoms with van der Waals surface area (Å²) in [6.45, 7) is 1.24. The number of hydrogen-bond acceptors (Lipinski definition) is 4. The highest BCUT2D eigenvalue weighted by Crippen LogP contribution is 2.35. The average molecular weight is 346 g/mol. The van der Waals surface area contributed by atoms with Gasteiger partial charge in [0.2, 0.25) is 5.91 Å². The molecule has 1 aromatic rings. The Morgan fingerprint density at radius 2 is 1.96 bits per heavy atom. The average Bonchev–Trinajstić information content (AvgIpc) is 2.48. The monoisotopic (exact) mass is 346 g/mol. The maximum atomic E-state index is 12.3. The van der Waals surface area contributed by atoms with E-state index in [1.807, 2.05) is 4.90 Å². The van der Waals surface area contributed by atoms with Gasteiger partial charge in [0.15, 0.2) is 0 Å². The van der Waals surface area contributed by atoms with Crippen molar-refractivity contribution >= 4 is 5.91 Å². The number of amides is 1. The van der Waals surface area contributed by atoms with Gasteiger partial charge in [-0.25, -0.2) is 0 Å². The molecule has 134 valence electrons. The predicted octanol–water partition coefficient (Wildman–Crippen LogP) is 1.96. The van der Waals surface area contributed by atoms with Gasteiger partial charge in [0.05, 0.1) is 12.1 Å². The second-order valence-electron chi connectivity index (χ2n) is 6.17. The summed E-state index contributed by atoms with van der Waals surface area (Å²) in [5.74, 6) is -0.375. The number of ether oxygens (including phenoxy) is 1. The summed E-state index contributed by atoms with van der Waals surface area (Å²) in [4.78, 5) is 15.1. The van der Waals surface area contributed by atoms with Crippen LogP contribution in [0, 0.1) is 0 Å². The Bertz CT molecular complexity index is 582. The number of likely N-dealkylation sites (tertiary alicyclic amines) is 1. The number of carbonyl (C=O) groups is 1. The molecule has 1 N–H and O–H groups in total. The van der Waals surface area contributed by atoms with E-state index in [-0.39, 0.29) is 18.2 Å². The molecule has 1 heterocycles. The van der Waals surface area contributed by atoms with Crippen LogP contribution in [0.2, 0.25) is 0 Å². The van der Waals surface area contributed by atoms with E-state index in [2.05, 4.69) is 4.74 Å². The summed E-state index contributed by atoms with van der Waals surface area (Å²) in [6.07, 6.45) is -4.09. The van der Waals surface area contributed by atoms with Crippen LogP contribution in [-0.4, -0.2) is 60.9 Å². The summed E-state index contributed by atoms with van der Waals surface area (Å²) in [6, 6.07) is 5.43. The number of aliphatic hydroxyl groups is 1. The van der Waals surface area contributed by atoms with E-state index in [9.17, 15) is 23.1 Å². The fourth-order valence-electron chi connectivity index (χ4n) is 2.69. The van der Waals surface area contributed by atoms with Crippen LogP contribution in [0.5, 0.6) is 5.75 Å². The van der Waals surface area contributed by atoms with Crippen LogP contribution in [0.3, 0.4) is 0 Å². The number of piperidine rings is 1. The van der Waals surface area contributed by atoms with E-state index in [1.54, 1.807) is 20.2 Å². The third kappa shape index (κ3) is 4.85. The molecule has 1 aliphatic rings. The number of carbonyl (C=O) groups excluding carboxylic acids is 1. The van der Waals surface area contributed by atoms with Crippen LogP contribution < -0.4 is 4.74 Å². The van der Waals surface area contributed by atoms with E-state index in [1.165, 1.54) is 23.1 Å². The molecule has 0 saturated carbocycles. The van der Waals surface area contributed by atoms with Crippen molar-refractivity contribution in [1.29, 1.82) is 0 Å². The summed E-state index contributed by atoms with van der Waals surface area (Å²) in [7, 11) is 3.35. The topological polar surface area (TPSA) is 53.0 Å². The highest BCUT2D eigenvalue weighted by molar-refractivity contribution is 5.77. The van der Waals surface area contributed by atoms with Gasteiger partial charge in [0.1, 0.15) is 5.75 Å². The van der Waals surface area contributed by atoms with Gasteiger partial charge in [-0.15, -0.1) is 13.2 Å². The van der Waals surface area contributed by atoms with Crippen molar-refractivity contribution in [2.75, 3.05) is 33.7 Å². The van der Waals surface area contributed by atoms with Crippen LogP contribution >= 0.6 is 0 Å². The minimum Gasteiger partial charge on any atom is -0.406 e. The molecular weight excluding hydrogens is 325 g/mol. The number of benzene rings is 1. The Kier molecular flexibility index (Phi) is 5.39. The number of rotatable bonds is 4. The fraction of sp³-hybridized carbons (Fsp3) is 0.562. The second kappa shape index (κ2) is 6.98. The third-order valence-corrected chi connectivity index (χ3v) is 4.15. The first kappa shape index (κ1) is 18.5. The predicted molar refractivity (Wildman–Crippen MR) is 81.4 cm³/mol. The molecule has 0 radical (unpaired) electrons. The van der Waals surface area contributed by atoms with E-state index < -0.39 is 12.0 Å². The molecule has 1 fully saturated rings. The second-order valence-corrected chi connectivity index (χ2v) is 6.17. The molecular formula is C16H21F3N2O3. The Morgan fingerprint density at radius 3 is 2.50 bits per heavy atom. The molecule has 2 rings (SSSR count). The zero-order valence-corrected chi connectivity index (χ0v) is 13.6. The summed E-state index contributed by atoms with van der Waals surface area (Å²) >= 11 is 0. The lowest BCUT2D eigenvalue weighted by molar-refractivity contribution is -0.274. The molecule has 1 aromatic carbocycles. The van der Waals surface area contributed by atoms with Gasteiger partial charge in [0.25, 0.3) is 0 Å². The van der Waals surface area contributed by atoms with Gasteiger partial charge in [-0.2, -0.15) is 0 Å². The van der Waals surface area contributed by atoms with Crippen molar-refractivity contribution in [3.63, 3.8) is 0 Å². The number of halogens is 3. The zero-order chi connectivity index (χ0) is 18.0. The maximum absolute atomic E-state index is 12.3. The number of nitrogens with zero attached hydrogens (tertiary/aromatic N) is 2. The van der Waals surface area contributed by atoms with Crippen molar-refractivity contribution in [3.8, 4) is 5.75 Å². The van der Waals surface area contributed by atoms with Gasteiger partial charge in [-0.3, -0.25) is 9.69 Å². The zero-order valence-electron chi connectivity index (χ0n) is 13.6. The largest absolute Gasteiger partial charge is 0.573 e. The van der Waals surface area contributed by atoms with Gasteiger partial charge in [-0.05, 0) is 30.5 Å². The number of likely N-dealkylation sites (N-methyl/N-ethyl adjacent to an activating group) is 1. The molecule has 0 unspecified atom stereocenters. The lowest BCUT2D eigenvalue weighted by atomic mass is 9.84. The highest BCUT2D eigenvalue weighted by Gasteiger charge is 2.36. The Morgan fingerprint density at radius 1 is 1.33 bits per heavy atom. The van der Waals surface area contributed by atoms with Crippen LogP contribution in [-0.2, 0) is 10.4 Å². The van der Waals surface area contributed by atoms with E-state index in [0.29, 0.717) is 31.5 Å². The van der Waals surface area contributed by atoms with Gasteiger partial charge < -0.3 is 14.7 Å². The van der Waals surface area contributed by atoms with Crippen molar-refractivity contribution in [2.45, 2.75) is 24.8 Å². The van der Waals surface area contributed by atoms with E-state index in [4.69, 9.17) is 0 Å². The van der Waals surface area contributed by atoms with Crippen molar-refractivity contribution in [1.82, 2.24) is 9.80 Å². The quantitative estimate of drug-likeness (QED) is 0.906. The first-order chi connectivity index (χ1) is 11.1. The molecule has 1 amide bonds. The first-order valence-corrected chi connectivity index (χ1v) is 7.60. The summed E-state index contributed by atoms with van der Waals surface area (Å²) < 4.78 is 40.9. The standard InChI is InChI=1S/C16H21F3N2O3/c1-20(2)14(22)11-21-8-6-15(23,7-9-21)12-4-3-5-13(10-12)24-16(17,18)19/h3-5,10,23H,6-9,11H2,1-2H3. The maximum Gasteiger partial charge on any atom is 0.573 e. The molecule has 24 heavy (non-hydrogen) atoms. The van der Waals surface area contributed by atoms with Crippen molar-refractivity contribution in [2.24, 2.45) is 0 Å². The van der Waals surface area contributed by atoms with Gasteiger partial charge >= 0.3 is 6.36 Å². The minimum atomic E-state index is -4.77. The Hall–Kier alpha value is -1.80. The molecule has 0 atom stereocenters. The number of hydrogen-bond donors (Lipinski definition) is 1. The van der Waals surface area contributed by atoms with E-state index >= 15 is 0 Å². The molecule has 1 saturated heterocycles. The van der Waals surface area contributed by atoms with E-state index in [0.717, 1.165) is 0 Å². The fourth-order valence-corrected chi connectivity index (χ4v) is 2.69. The first-order valence-electron chi connectivity index (χ1n) is 7.60. The molecule has 5 nitrogen and oxygen atoms in total. The molecule has 1 aliphatic heterocycles. The molecule has 0 aliphatic carbocycles. The SMILES string of the molecule is CN(C)C(=O)CN1CCC(O)(c2cccc(OC(F)(F)F)c2)CC1. The van der Waals surface area contributed by atoms with Crippen LogP contribution in [0.15, 0.2) is 24.3 Å². The smallest absolute Gasteiger partial charge is 0.406 e. The molecule has 0 bridgehead atoms. The third-order valence-electron chi connectivity index (χ3n) is 4.15. The minimum absolute atomic E-state index is 0.0268. The van der Waals surface area contributed by atoms with Crippen LogP contribution in [0.25, 0.3) is 0 Å².